The molecule has 1 amide bonds. The number of carbonyl (C=O) groups is 1. The smallest absolute Gasteiger partial charge is 0.261 e. The third-order valence-corrected chi connectivity index (χ3v) is 4.83. The molecule has 0 aliphatic carbocycles. The highest BCUT2D eigenvalue weighted by Gasteiger charge is 2.16. The van der Waals surface area contributed by atoms with Crippen LogP contribution >= 0.6 is 11.3 Å². The number of amides is 1. The molecule has 1 heterocycles. The molecule has 0 bridgehead atoms. The van der Waals surface area contributed by atoms with Gasteiger partial charge in [-0.25, -0.2) is 0 Å². The predicted molar refractivity (Wildman–Crippen MR) is 96.1 cm³/mol. The van der Waals surface area contributed by atoms with Gasteiger partial charge in [0.05, 0.1) is 4.88 Å². The van der Waals surface area contributed by atoms with E-state index in [2.05, 4.69) is 29.6 Å². The summed E-state index contributed by atoms with van der Waals surface area (Å²) in [6, 6.07) is 24.5. The van der Waals surface area contributed by atoms with Gasteiger partial charge in [0, 0.05) is 17.3 Å². The van der Waals surface area contributed by atoms with Gasteiger partial charge in [-0.3, -0.25) is 4.79 Å². The van der Waals surface area contributed by atoms with Gasteiger partial charge < -0.3 is 5.32 Å². The number of thiophene rings is 1. The van der Waals surface area contributed by atoms with Gasteiger partial charge in [0.25, 0.3) is 5.91 Å². The molecule has 2 aromatic carbocycles. The number of benzene rings is 2. The third-order valence-electron chi connectivity index (χ3n) is 3.83. The van der Waals surface area contributed by atoms with Crippen LogP contribution in [-0.4, -0.2) is 12.5 Å². The highest BCUT2D eigenvalue weighted by molar-refractivity contribution is 7.13. The number of carbonyl (C=O) groups excluding carboxylic acids is 1. The van der Waals surface area contributed by atoms with Gasteiger partial charge in [-0.05, 0) is 30.2 Å². The van der Waals surface area contributed by atoms with E-state index < -0.39 is 0 Å². The Kier molecular flexibility index (Phi) is 4.89. The standard InChI is InChI=1S/C20H19NOS/c1-15-12-13-19(23-15)20(22)21-14-18(16-8-4-2-5-9-16)17-10-6-3-7-11-17/h2-13,18H,14H2,1H3,(H,21,22). The van der Waals surface area contributed by atoms with E-state index in [1.165, 1.54) is 22.5 Å². The first-order chi connectivity index (χ1) is 11.2. The lowest BCUT2D eigenvalue weighted by molar-refractivity contribution is 0.0956. The van der Waals surface area contributed by atoms with Gasteiger partial charge in [-0.1, -0.05) is 60.7 Å². The van der Waals surface area contributed by atoms with E-state index in [4.69, 9.17) is 0 Å². The van der Waals surface area contributed by atoms with E-state index in [1.807, 2.05) is 55.5 Å². The van der Waals surface area contributed by atoms with Crippen molar-refractivity contribution in [3.63, 3.8) is 0 Å². The monoisotopic (exact) mass is 321 g/mol. The van der Waals surface area contributed by atoms with Crippen LogP contribution in [0.1, 0.15) is 31.6 Å². The molecular formula is C20H19NOS. The van der Waals surface area contributed by atoms with Crippen molar-refractivity contribution in [2.45, 2.75) is 12.8 Å². The number of aryl methyl sites for hydroxylation is 1. The molecule has 0 spiro atoms. The van der Waals surface area contributed by atoms with E-state index in [1.54, 1.807) is 0 Å². The maximum atomic E-state index is 12.3. The van der Waals surface area contributed by atoms with Crippen LogP contribution < -0.4 is 5.32 Å². The topological polar surface area (TPSA) is 29.1 Å². The minimum atomic E-state index is -0.0000350. The zero-order chi connectivity index (χ0) is 16.1. The molecular weight excluding hydrogens is 302 g/mol. The first-order valence-electron chi connectivity index (χ1n) is 7.68. The van der Waals surface area contributed by atoms with E-state index >= 15 is 0 Å². The molecule has 0 aliphatic heterocycles. The van der Waals surface area contributed by atoms with Crippen LogP contribution in [0.3, 0.4) is 0 Å². The fraction of sp³-hybridized carbons (Fsp3) is 0.150. The van der Waals surface area contributed by atoms with Gasteiger partial charge in [0.1, 0.15) is 0 Å². The number of rotatable bonds is 5. The third kappa shape index (κ3) is 3.88. The summed E-state index contributed by atoms with van der Waals surface area (Å²) in [7, 11) is 0. The molecule has 0 unspecified atom stereocenters. The fourth-order valence-corrected chi connectivity index (χ4v) is 3.42. The average molecular weight is 321 g/mol. The van der Waals surface area contributed by atoms with Crippen molar-refractivity contribution in [1.82, 2.24) is 5.32 Å². The summed E-state index contributed by atoms with van der Waals surface area (Å²) in [6.07, 6.45) is 0. The first kappa shape index (κ1) is 15.5. The summed E-state index contributed by atoms with van der Waals surface area (Å²) in [5, 5.41) is 3.08. The van der Waals surface area contributed by atoms with Crippen LogP contribution in [0.5, 0.6) is 0 Å². The second kappa shape index (κ2) is 7.25. The molecule has 0 aliphatic rings. The Morgan fingerprint density at radius 1 is 0.913 bits per heavy atom. The Morgan fingerprint density at radius 2 is 1.48 bits per heavy atom. The quantitative estimate of drug-likeness (QED) is 0.730. The molecule has 0 saturated carbocycles. The number of hydrogen-bond donors (Lipinski definition) is 1. The minimum Gasteiger partial charge on any atom is -0.350 e. The lowest BCUT2D eigenvalue weighted by Gasteiger charge is -2.18. The van der Waals surface area contributed by atoms with Crippen LogP contribution in [0.2, 0.25) is 0 Å². The van der Waals surface area contributed by atoms with E-state index in [0.717, 1.165) is 9.75 Å². The predicted octanol–water partition coefficient (Wildman–Crippen LogP) is 4.62. The van der Waals surface area contributed by atoms with Crippen molar-refractivity contribution in [3.8, 4) is 0 Å². The molecule has 0 atom stereocenters. The van der Waals surface area contributed by atoms with Crippen LogP contribution in [-0.2, 0) is 0 Å². The molecule has 3 aromatic rings. The van der Waals surface area contributed by atoms with Crippen molar-refractivity contribution < 1.29 is 4.79 Å². The van der Waals surface area contributed by atoms with Gasteiger partial charge >= 0.3 is 0 Å². The van der Waals surface area contributed by atoms with Gasteiger partial charge in [-0.15, -0.1) is 11.3 Å². The van der Waals surface area contributed by atoms with Crippen molar-refractivity contribution in [2.75, 3.05) is 6.54 Å². The van der Waals surface area contributed by atoms with E-state index in [0.29, 0.717) is 6.54 Å². The molecule has 2 nitrogen and oxygen atoms in total. The van der Waals surface area contributed by atoms with Gasteiger partial charge in [0.2, 0.25) is 0 Å². The molecule has 23 heavy (non-hydrogen) atoms. The summed E-state index contributed by atoms with van der Waals surface area (Å²) in [5.74, 6) is 0.155. The van der Waals surface area contributed by atoms with E-state index in [-0.39, 0.29) is 11.8 Å². The maximum absolute atomic E-state index is 12.3. The molecule has 1 N–H and O–H groups in total. The Bertz CT molecular complexity index is 725. The van der Waals surface area contributed by atoms with Crippen molar-refractivity contribution in [3.05, 3.63) is 93.7 Å². The lowest BCUT2D eigenvalue weighted by Crippen LogP contribution is -2.28. The molecule has 3 heteroatoms. The number of hydrogen-bond acceptors (Lipinski definition) is 2. The fourth-order valence-electron chi connectivity index (χ4n) is 2.64. The van der Waals surface area contributed by atoms with Crippen molar-refractivity contribution >= 4 is 17.2 Å². The van der Waals surface area contributed by atoms with Crippen LogP contribution in [0.25, 0.3) is 0 Å². The second-order valence-corrected chi connectivity index (χ2v) is 6.78. The highest BCUT2D eigenvalue weighted by Crippen LogP contribution is 2.24. The Labute approximate surface area is 140 Å². The zero-order valence-electron chi connectivity index (χ0n) is 13.0. The normalized spacial score (nSPS) is 10.7. The average Bonchev–Trinajstić information content (AvgIpc) is 3.03. The second-order valence-electron chi connectivity index (χ2n) is 5.49. The first-order valence-corrected chi connectivity index (χ1v) is 8.50. The SMILES string of the molecule is Cc1ccc(C(=O)NCC(c2ccccc2)c2ccccc2)s1. The summed E-state index contributed by atoms with van der Waals surface area (Å²) < 4.78 is 0. The summed E-state index contributed by atoms with van der Waals surface area (Å²) in [5.41, 5.74) is 2.42. The largest absolute Gasteiger partial charge is 0.350 e. The van der Waals surface area contributed by atoms with Crippen LogP contribution in [0.15, 0.2) is 72.8 Å². The Morgan fingerprint density at radius 3 is 1.96 bits per heavy atom. The summed E-state index contributed by atoms with van der Waals surface area (Å²) in [4.78, 5) is 14.2. The van der Waals surface area contributed by atoms with E-state index in [9.17, 15) is 4.79 Å². The lowest BCUT2D eigenvalue weighted by atomic mass is 9.91. The summed E-state index contributed by atoms with van der Waals surface area (Å²) in [6.45, 7) is 2.60. The molecule has 116 valence electrons. The van der Waals surface area contributed by atoms with Crippen LogP contribution in [0.4, 0.5) is 0 Å². The summed E-state index contributed by atoms with van der Waals surface area (Å²) >= 11 is 1.53. The van der Waals surface area contributed by atoms with Gasteiger partial charge in [-0.2, -0.15) is 0 Å². The molecule has 0 radical (unpaired) electrons. The maximum Gasteiger partial charge on any atom is 0.261 e. The van der Waals surface area contributed by atoms with Crippen molar-refractivity contribution in [1.29, 1.82) is 0 Å². The minimum absolute atomic E-state index is 0.0000350. The molecule has 0 saturated heterocycles. The van der Waals surface area contributed by atoms with Crippen molar-refractivity contribution in [2.24, 2.45) is 0 Å². The Hall–Kier alpha value is -2.39. The van der Waals surface area contributed by atoms with Crippen LogP contribution in [0, 0.1) is 6.92 Å². The molecule has 1 aromatic heterocycles. The molecule has 0 fully saturated rings. The van der Waals surface area contributed by atoms with Gasteiger partial charge in [0.15, 0.2) is 0 Å². The Balaban J connectivity index is 1.78. The molecule has 3 rings (SSSR count). The number of nitrogens with one attached hydrogen (secondary N) is 1. The highest BCUT2D eigenvalue weighted by atomic mass is 32.1. The zero-order valence-corrected chi connectivity index (χ0v) is 13.8.